The highest BCUT2D eigenvalue weighted by Crippen LogP contribution is 2.24. The molecule has 0 spiro atoms. The summed E-state index contributed by atoms with van der Waals surface area (Å²) in [6, 6.07) is 5.43. The van der Waals surface area contributed by atoms with E-state index in [0.29, 0.717) is 12.4 Å². The Bertz CT molecular complexity index is 478. The van der Waals surface area contributed by atoms with E-state index in [1.54, 1.807) is 6.07 Å². The number of carboxylic acid groups (broad SMARTS) is 1. The van der Waals surface area contributed by atoms with Gasteiger partial charge in [-0.15, -0.1) is 0 Å². The molecule has 3 nitrogen and oxygen atoms in total. The fraction of sp³-hybridized carbons (Fsp3) is 0.214. The van der Waals surface area contributed by atoms with E-state index in [-0.39, 0.29) is 0 Å². The predicted molar refractivity (Wildman–Crippen MR) is 75.7 cm³/mol. The Kier molecular flexibility index (Phi) is 5.65. The highest BCUT2D eigenvalue weighted by molar-refractivity contribution is 9.10. The minimum atomic E-state index is -0.979. The summed E-state index contributed by atoms with van der Waals surface area (Å²) in [4.78, 5) is 10.5. The lowest BCUT2D eigenvalue weighted by Gasteiger charge is -2.08. The summed E-state index contributed by atoms with van der Waals surface area (Å²) in [5.74, 6) is -0.287. The third kappa shape index (κ3) is 4.75. The Labute approximate surface area is 115 Å². The molecule has 0 aliphatic carbocycles. The zero-order valence-electron chi connectivity index (χ0n) is 10.1. The quantitative estimate of drug-likeness (QED) is 0.640. The summed E-state index contributed by atoms with van der Waals surface area (Å²) in [7, 11) is 0. The second-order valence-corrected chi connectivity index (χ2v) is 4.60. The lowest BCUT2D eigenvalue weighted by molar-refractivity contribution is -0.131. The molecule has 0 bridgehead atoms. The molecule has 0 unspecified atom stereocenters. The second kappa shape index (κ2) is 7.01. The van der Waals surface area contributed by atoms with Crippen molar-refractivity contribution >= 4 is 28.0 Å². The van der Waals surface area contributed by atoms with Crippen molar-refractivity contribution in [1.82, 2.24) is 0 Å². The van der Waals surface area contributed by atoms with E-state index in [2.05, 4.69) is 22.5 Å². The molecule has 0 aliphatic rings. The Hall–Kier alpha value is -1.55. The average Bonchev–Trinajstić information content (AvgIpc) is 2.35. The van der Waals surface area contributed by atoms with Crippen LogP contribution in [-0.4, -0.2) is 17.7 Å². The standard InChI is InChI=1S/C14H15BrO3/c1-3-10(2)9-18-12-5-6-13(15)11(8-12)4-7-14(16)17/h4-8H,2-3,9H2,1H3,(H,16,17)/b7-4+. The first-order chi connectivity index (χ1) is 8.52. The maximum atomic E-state index is 10.5. The van der Waals surface area contributed by atoms with E-state index in [4.69, 9.17) is 9.84 Å². The van der Waals surface area contributed by atoms with Crippen LogP contribution in [0.4, 0.5) is 0 Å². The number of ether oxygens (including phenoxy) is 1. The van der Waals surface area contributed by atoms with Gasteiger partial charge in [-0.25, -0.2) is 4.79 Å². The summed E-state index contributed by atoms with van der Waals surface area (Å²) in [6.07, 6.45) is 3.49. The minimum absolute atomic E-state index is 0.472. The van der Waals surface area contributed by atoms with E-state index in [0.717, 1.165) is 28.1 Å². The normalized spacial score (nSPS) is 10.6. The Morgan fingerprint density at radius 2 is 2.28 bits per heavy atom. The number of halogens is 1. The molecule has 0 saturated heterocycles. The van der Waals surface area contributed by atoms with Crippen LogP contribution in [0.2, 0.25) is 0 Å². The van der Waals surface area contributed by atoms with Gasteiger partial charge in [0, 0.05) is 10.5 Å². The van der Waals surface area contributed by atoms with Gasteiger partial charge >= 0.3 is 5.97 Å². The molecule has 0 amide bonds. The number of carboxylic acids is 1. The summed E-state index contributed by atoms with van der Waals surface area (Å²) in [5.41, 5.74) is 1.78. The smallest absolute Gasteiger partial charge is 0.328 e. The van der Waals surface area contributed by atoms with E-state index < -0.39 is 5.97 Å². The van der Waals surface area contributed by atoms with Gasteiger partial charge < -0.3 is 9.84 Å². The molecule has 1 rings (SSSR count). The molecule has 18 heavy (non-hydrogen) atoms. The van der Waals surface area contributed by atoms with Crippen molar-refractivity contribution in [2.24, 2.45) is 0 Å². The van der Waals surface area contributed by atoms with Crippen molar-refractivity contribution in [3.8, 4) is 5.75 Å². The van der Waals surface area contributed by atoms with Gasteiger partial charge in [-0.3, -0.25) is 0 Å². The summed E-state index contributed by atoms with van der Waals surface area (Å²) in [5, 5.41) is 8.60. The molecular formula is C14H15BrO3. The number of hydrogen-bond donors (Lipinski definition) is 1. The number of aliphatic carboxylic acids is 1. The number of benzene rings is 1. The summed E-state index contributed by atoms with van der Waals surface area (Å²) < 4.78 is 6.38. The van der Waals surface area contributed by atoms with Crippen molar-refractivity contribution in [2.75, 3.05) is 6.61 Å². The lowest BCUT2D eigenvalue weighted by Crippen LogP contribution is -1.99. The predicted octanol–water partition coefficient (Wildman–Crippen LogP) is 3.89. The first-order valence-electron chi connectivity index (χ1n) is 5.53. The van der Waals surface area contributed by atoms with Crippen LogP contribution in [0.15, 0.2) is 40.9 Å². The first-order valence-corrected chi connectivity index (χ1v) is 6.32. The molecule has 0 aliphatic heterocycles. The number of rotatable bonds is 6. The highest BCUT2D eigenvalue weighted by atomic mass is 79.9. The zero-order chi connectivity index (χ0) is 13.5. The lowest BCUT2D eigenvalue weighted by atomic mass is 10.2. The molecule has 0 aromatic heterocycles. The molecule has 1 N–H and O–H groups in total. The van der Waals surface area contributed by atoms with Crippen LogP contribution in [0.1, 0.15) is 18.9 Å². The summed E-state index contributed by atoms with van der Waals surface area (Å²) >= 11 is 3.36. The van der Waals surface area contributed by atoms with Crippen molar-refractivity contribution in [3.05, 3.63) is 46.5 Å². The van der Waals surface area contributed by atoms with E-state index in [1.807, 2.05) is 19.1 Å². The molecule has 96 valence electrons. The average molecular weight is 311 g/mol. The monoisotopic (exact) mass is 310 g/mol. The molecule has 0 radical (unpaired) electrons. The van der Waals surface area contributed by atoms with Gasteiger partial charge in [-0.05, 0) is 41.8 Å². The van der Waals surface area contributed by atoms with Gasteiger partial charge in [0.1, 0.15) is 12.4 Å². The fourth-order valence-electron chi connectivity index (χ4n) is 1.19. The van der Waals surface area contributed by atoms with Crippen LogP contribution in [0.5, 0.6) is 5.75 Å². The topological polar surface area (TPSA) is 46.5 Å². The van der Waals surface area contributed by atoms with Crippen LogP contribution in [0.3, 0.4) is 0 Å². The second-order valence-electron chi connectivity index (χ2n) is 3.75. The Morgan fingerprint density at radius 3 is 2.89 bits per heavy atom. The zero-order valence-corrected chi connectivity index (χ0v) is 11.7. The Morgan fingerprint density at radius 1 is 1.56 bits per heavy atom. The van der Waals surface area contributed by atoms with Crippen LogP contribution >= 0.6 is 15.9 Å². The van der Waals surface area contributed by atoms with Crippen molar-refractivity contribution < 1.29 is 14.6 Å². The van der Waals surface area contributed by atoms with Gasteiger partial charge in [0.05, 0.1) is 0 Å². The molecular weight excluding hydrogens is 296 g/mol. The largest absolute Gasteiger partial charge is 0.489 e. The minimum Gasteiger partial charge on any atom is -0.489 e. The molecule has 1 aromatic rings. The van der Waals surface area contributed by atoms with Crippen molar-refractivity contribution in [2.45, 2.75) is 13.3 Å². The molecule has 4 heteroatoms. The number of carbonyl (C=O) groups is 1. The molecule has 0 atom stereocenters. The van der Waals surface area contributed by atoms with Crippen LogP contribution in [0.25, 0.3) is 6.08 Å². The van der Waals surface area contributed by atoms with Gasteiger partial charge in [-0.1, -0.05) is 29.4 Å². The maximum absolute atomic E-state index is 10.5. The highest BCUT2D eigenvalue weighted by Gasteiger charge is 2.01. The third-order valence-corrected chi connectivity index (χ3v) is 3.04. The maximum Gasteiger partial charge on any atom is 0.328 e. The fourth-order valence-corrected chi connectivity index (χ4v) is 1.57. The van der Waals surface area contributed by atoms with Gasteiger partial charge in [0.15, 0.2) is 0 Å². The van der Waals surface area contributed by atoms with Gasteiger partial charge in [0.2, 0.25) is 0 Å². The molecule has 0 saturated carbocycles. The third-order valence-electron chi connectivity index (χ3n) is 2.32. The van der Waals surface area contributed by atoms with Crippen LogP contribution in [0, 0.1) is 0 Å². The first kappa shape index (κ1) is 14.5. The molecule has 0 fully saturated rings. The molecule has 0 heterocycles. The number of hydrogen-bond acceptors (Lipinski definition) is 2. The molecule has 1 aromatic carbocycles. The summed E-state index contributed by atoms with van der Waals surface area (Å²) in [6.45, 7) is 6.36. The Balaban J connectivity index is 2.80. The van der Waals surface area contributed by atoms with E-state index in [9.17, 15) is 4.79 Å². The van der Waals surface area contributed by atoms with Gasteiger partial charge in [-0.2, -0.15) is 0 Å². The van der Waals surface area contributed by atoms with Crippen LogP contribution < -0.4 is 4.74 Å². The van der Waals surface area contributed by atoms with Crippen molar-refractivity contribution in [3.63, 3.8) is 0 Å². The van der Waals surface area contributed by atoms with Crippen molar-refractivity contribution in [1.29, 1.82) is 0 Å². The SMILES string of the molecule is C=C(CC)COc1ccc(Br)c(/C=C/C(=O)O)c1. The van der Waals surface area contributed by atoms with Crippen LogP contribution in [-0.2, 0) is 4.79 Å². The van der Waals surface area contributed by atoms with E-state index in [1.165, 1.54) is 6.08 Å². The van der Waals surface area contributed by atoms with E-state index >= 15 is 0 Å². The van der Waals surface area contributed by atoms with Gasteiger partial charge in [0.25, 0.3) is 0 Å².